The van der Waals surface area contributed by atoms with Crippen molar-refractivity contribution in [2.24, 2.45) is 4.99 Å². The minimum absolute atomic E-state index is 0.811. The van der Waals surface area contributed by atoms with Gasteiger partial charge in [-0.3, -0.25) is 9.98 Å². The van der Waals surface area contributed by atoms with Gasteiger partial charge < -0.3 is 10.6 Å². The standard InChI is InChI=1S/C19H25BrN4/c1-2-21-19(24-14-11-18-10-3-4-12-22-18)23-13-6-8-16-7-5-9-17(20)15-16/h3-5,7,9-10,12,15H,2,6,8,11,13-14H2,1H3,(H2,21,23,24). The Bertz CT molecular complexity index is 628. The summed E-state index contributed by atoms with van der Waals surface area (Å²) in [5.41, 5.74) is 2.43. The van der Waals surface area contributed by atoms with Crippen LogP contribution in [0.3, 0.4) is 0 Å². The number of hydrogen-bond acceptors (Lipinski definition) is 2. The third kappa shape index (κ3) is 7.13. The zero-order valence-corrected chi connectivity index (χ0v) is 15.7. The summed E-state index contributed by atoms with van der Waals surface area (Å²) in [6, 6.07) is 14.5. The molecule has 24 heavy (non-hydrogen) atoms. The van der Waals surface area contributed by atoms with E-state index in [0.717, 1.165) is 55.0 Å². The summed E-state index contributed by atoms with van der Waals surface area (Å²) in [5.74, 6) is 0.877. The molecule has 0 bridgehead atoms. The van der Waals surface area contributed by atoms with Crippen molar-refractivity contribution in [2.45, 2.75) is 26.2 Å². The van der Waals surface area contributed by atoms with Crippen LogP contribution in [0.4, 0.5) is 0 Å². The van der Waals surface area contributed by atoms with E-state index in [-0.39, 0.29) is 0 Å². The number of benzene rings is 1. The van der Waals surface area contributed by atoms with E-state index in [4.69, 9.17) is 0 Å². The Hall–Kier alpha value is -1.88. The number of hydrogen-bond donors (Lipinski definition) is 2. The van der Waals surface area contributed by atoms with Gasteiger partial charge in [0, 0.05) is 42.4 Å². The van der Waals surface area contributed by atoms with Crippen LogP contribution in [0.15, 0.2) is 58.1 Å². The van der Waals surface area contributed by atoms with Crippen molar-refractivity contribution >= 4 is 21.9 Å². The predicted molar refractivity (Wildman–Crippen MR) is 104 cm³/mol. The first kappa shape index (κ1) is 18.5. The highest BCUT2D eigenvalue weighted by Gasteiger charge is 1.99. The lowest BCUT2D eigenvalue weighted by molar-refractivity contribution is 0.770. The summed E-state index contributed by atoms with van der Waals surface area (Å²) in [6.45, 7) is 4.58. The molecule has 1 aromatic heterocycles. The molecule has 0 aliphatic heterocycles. The maximum Gasteiger partial charge on any atom is 0.191 e. The lowest BCUT2D eigenvalue weighted by Gasteiger charge is -2.11. The smallest absolute Gasteiger partial charge is 0.191 e. The molecular weight excluding hydrogens is 364 g/mol. The molecule has 0 atom stereocenters. The first-order valence-electron chi connectivity index (χ1n) is 8.44. The summed E-state index contributed by atoms with van der Waals surface area (Å²) >= 11 is 3.51. The molecule has 0 radical (unpaired) electrons. The number of nitrogens with one attached hydrogen (secondary N) is 2. The second-order valence-electron chi connectivity index (χ2n) is 5.49. The zero-order valence-electron chi connectivity index (χ0n) is 14.1. The fraction of sp³-hybridized carbons (Fsp3) is 0.368. The first-order valence-corrected chi connectivity index (χ1v) is 9.23. The number of nitrogens with zero attached hydrogens (tertiary/aromatic N) is 2. The molecule has 2 rings (SSSR count). The van der Waals surface area contributed by atoms with E-state index < -0.39 is 0 Å². The third-order valence-corrected chi connectivity index (χ3v) is 4.02. The summed E-state index contributed by atoms with van der Waals surface area (Å²) in [6.07, 6.45) is 4.80. The summed E-state index contributed by atoms with van der Waals surface area (Å²) in [4.78, 5) is 8.98. The molecule has 0 saturated heterocycles. The van der Waals surface area contributed by atoms with Crippen LogP contribution >= 0.6 is 15.9 Å². The second kappa shape index (κ2) is 10.8. The van der Waals surface area contributed by atoms with Crippen molar-refractivity contribution in [1.82, 2.24) is 15.6 Å². The Balaban J connectivity index is 1.73. The molecule has 0 saturated carbocycles. The molecule has 2 aromatic rings. The molecule has 128 valence electrons. The summed E-state index contributed by atoms with van der Waals surface area (Å²) in [5, 5.41) is 6.66. The van der Waals surface area contributed by atoms with Gasteiger partial charge in [-0.05, 0) is 49.6 Å². The normalized spacial score (nSPS) is 11.3. The first-order chi connectivity index (χ1) is 11.8. The second-order valence-corrected chi connectivity index (χ2v) is 6.41. The van der Waals surface area contributed by atoms with Crippen LogP contribution < -0.4 is 10.6 Å². The number of aryl methyl sites for hydroxylation is 1. The largest absolute Gasteiger partial charge is 0.357 e. The number of aromatic nitrogens is 1. The van der Waals surface area contributed by atoms with Crippen molar-refractivity contribution in [3.63, 3.8) is 0 Å². The van der Waals surface area contributed by atoms with Gasteiger partial charge in [0.1, 0.15) is 0 Å². The van der Waals surface area contributed by atoms with E-state index in [1.165, 1.54) is 5.56 Å². The van der Waals surface area contributed by atoms with E-state index in [1.807, 2.05) is 24.4 Å². The monoisotopic (exact) mass is 388 g/mol. The van der Waals surface area contributed by atoms with E-state index >= 15 is 0 Å². The fourth-order valence-electron chi connectivity index (χ4n) is 2.36. The molecule has 4 nitrogen and oxygen atoms in total. The molecule has 0 aliphatic carbocycles. The summed E-state index contributed by atoms with van der Waals surface area (Å²) < 4.78 is 1.13. The Morgan fingerprint density at radius 2 is 2.04 bits per heavy atom. The molecule has 0 aliphatic rings. The highest BCUT2D eigenvalue weighted by atomic mass is 79.9. The minimum Gasteiger partial charge on any atom is -0.357 e. The Kier molecular flexibility index (Phi) is 8.32. The molecule has 0 unspecified atom stereocenters. The molecule has 1 heterocycles. The van der Waals surface area contributed by atoms with Crippen molar-refractivity contribution in [2.75, 3.05) is 19.6 Å². The lowest BCUT2D eigenvalue weighted by Crippen LogP contribution is -2.38. The van der Waals surface area contributed by atoms with Crippen molar-refractivity contribution in [1.29, 1.82) is 0 Å². The van der Waals surface area contributed by atoms with Gasteiger partial charge in [-0.15, -0.1) is 0 Å². The van der Waals surface area contributed by atoms with E-state index in [0.29, 0.717) is 0 Å². The van der Waals surface area contributed by atoms with Gasteiger partial charge in [0.05, 0.1) is 0 Å². The topological polar surface area (TPSA) is 49.3 Å². The minimum atomic E-state index is 0.811. The van der Waals surface area contributed by atoms with Crippen LogP contribution in [0.1, 0.15) is 24.6 Å². The van der Waals surface area contributed by atoms with Gasteiger partial charge in [-0.1, -0.05) is 34.1 Å². The highest BCUT2D eigenvalue weighted by molar-refractivity contribution is 9.10. The maximum absolute atomic E-state index is 4.64. The van der Waals surface area contributed by atoms with Gasteiger partial charge in [0.2, 0.25) is 0 Å². The van der Waals surface area contributed by atoms with Crippen LogP contribution in [-0.4, -0.2) is 30.6 Å². The lowest BCUT2D eigenvalue weighted by atomic mass is 10.1. The van der Waals surface area contributed by atoms with Crippen LogP contribution in [0, 0.1) is 0 Å². The molecule has 0 amide bonds. The zero-order chi connectivity index (χ0) is 17.0. The fourth-order valence-corrected chi connectivity index (χ4v) is 2.81. The number of guanidine groups is 1. The van der Waals surface area contributed by atoms with Crippen LogP contribution in [0.25, 0.3) is 0 Å². The quantitative estimate of drug-likeness (QED) is 0.412. The predicted octanol–water partition coefficient (Wildman–Crippen LogP) is 3.57. The van der Waals surface area contributed by atoms with Gasteiger partial charge in [-0.25, -0.2) is 0 Å². The molecular formula is C19H25BrN4. The number of aliphatic imine (C=N–C) groups is 1. The van der Waals surface area contributed by atoms with Gasteiger partial charge in [-0.2, -0.15) is 0 Å². The number of rotatable bonds is 8. The molecule has 0 fully saturated rings. The van der Waals surface area contributed by atoms with Crippen LogP contribution in [0.2, 0.25) is 0 Å². The van der Waals surface area contributed by atoms with E-state index in [1.54, 1.807) is 0 Å². The SMILES string of the molecule is CCNC(=NCCCc1cccc(Br)c1)NCCc1ccccn1. The van der Waals surface area contributed by atoms with E-state index in [2.05, 4.69) is 67.7 Å². The van der Waals surface area contributed by atoms with Gasteiger partial charge >= 0.3 is 0 Å². The Labute approximate surface area is 152 Å². The van der Waals surface area contributed by atoms with Gasteiger partial charge in [0.15, 0.2) is 5.96 Å². The van der Waals surface area contributed by atoms with Crippen molar-refractivity contribution in [3.05, 3.63) is 64.4 Å². The average molecular weight is 389 g/mol. The van der Waals surface area contributed by atoms with Crippen LogP contribution in [0.5, 0.6) is 0 Å². The molecule has 0 spiro atoms. The van der Waals surface area contributed by atoms with Gasteiger partial charge in [0.25, 0.3) is 0 Å². The number of pyridine rings is 1. The average Bonchev–Trinajstić information content (AvgIpc) is 2.60. The summed E-state index contributed by atoms with van der Waals surface area (Å²) in [7, 11) is 0. The van der Waals surface area contributed by atoms with Crippen LogP contribution in [-0.2, 0) is 12.8 Å². The molecule has 1 aromatic carbocycles. The molecule has 5 heteroatoms. The van der Waals surface area contributed by atoms with E-state index in [9.17, 15) is 0 Å². The highest BCUT2D eigenvalue weighted by Crippen LogP contribution is 2.12. The molecule has 2 N–H and O–H groups in total. The Morgan fingerprint density at radius 3 is 2.79 bits per heavy atom. The Morgan fingerprint density at radius 1 is 1.12 bits per heavy atom. The number of halogens is 1. The maximum atomic E-state index is 4.64. The third-order valence-electron chi connectivity index (χ3n) is 3.53. The van der Waals surface area contributed by atoms with Crippen molar-refractivity contribution in [3.8, 4) is 0 Å². The van der Waals surface area contributed by atoms with Crippen molar-refractivity contribution < 1.29 is 0 Å².